The van der Waals surface area contributed by atoms with Crippen LogP contribution in [0.15, 0.2) is 121 Å². The Hall–Kier alpha value is -4.46. The van der Waals surface area contributed by atoms with E-state index in [1.165, 1.54) is 6.92 Å². The monoisotopic (exact) mass is 751 g/mol. The van der Waals surface area contributed by atoms with Crippen LogP contribution in [0.25, 0.3) is 0 Å². The van der Waals surface area contributed by atoms with Gasteiger partial charge in [-0.15, -0.1) is 0 Å². The van der Waals surface area contributed by atoms with Gasteiger partial charge in [-0.05, 0) is 29.2 Å². The molecular weight excluding hydrogens is 702 g/mol. The van der Waals surface area contributed by atoms with Crippen molar-refractivity contribution in [2.24, 2.45) is 11.8 Å². The molecule has 7 rings (SSSR count). The van der Waals surface area contributed by atoms with E-state index in [-0.39, 0.29) is 43.7 Å². The van der Waals surface area contributed by atoms with Crippen molar-refractivity contribution in [2.75, 3.05) is 13.2 Å². The Balaban J connectivity index is 1.18. The SMILES string of the molecule is CC(=O)NC1C(OCc2ccccc2)[C@H](O[C@@H]2OC3COC(c4ccccc4)O[C@@H]3[C@H](C)C2C)[C@H](COC(=O)c2ccccc2)O[C@@H]1OCc1ccccc1. The number of rotatable bonds is 13. The van der Waals surface area contributed by atoms with Gasteiger partial charge in [0.05, 0.1) is 31.5 Å². The molecule has 0 bridgehead atoms. The van der Waals surface area contributed by atoms with E-state index in [9.17, 15) is 9.59 Å². The highest BCUT2D eigenvalue weighted by Crippen LogP contribution is 2.41. The largest absolute Gasteiger partial charge is 0.459 e. The number of fused-ring (bicyclic) bond motifs is 1. The van der Waals surface area contributed by atoms with Crippen LogP contribution in [0.1, 0.15) is 54.1 Å². The van der Waals surface area contributed by atoms with Crippen LogP contribution in [0.3, 0.4) is 0 Å². The first-order valence-electron chi connectivity index (χ1n) is 18.9. The minimum atomic E-state index is -0.992. The van der Waals surface area contributed by atoms with Gasteiger partial charge in [0.1, 0.15) is 37.1 Å². The maximum absolute atomic E-state index is 13.3. The molecule has 3 aliphatic rings. The minimum Gasteiger partial charge on any atom is -0.459 e. The van der Waals surface area contributed by atoms with Crippen LogP contribution in [-0.4, -0.2) is 74.2 Å². The summed E-state index contributed by atoms with van der Waals surface area (Å²) < 4.78 is 51.9. The molecule has 0 aromatic heterocycles. The van der Waals surface area contributed by atoms with E-state index < -0.39 is 55.3 Å². The first-order valence-corrected chi connectivity index (χ1v) is 18.9. The highest BCUT2D eigenvalue weighted by molar-refractivity contribution is 5.89. The Morgan fingerprint density at radius 1 is 0.691 bits per heavy atom. The summed E-state index contributed by atoms with van der Waals surface area (Å²) in [6, 6.07) is 37.2. The Morgan fingerprint density at radius 3 is 1.93 bits per heavy atom. The van der Waals surface area contributed by atoms with Crippen molar-refractivity contribution in [1.82, 2.24) is 5.32 Å². The molecule has 1 amide bonds. The molecule has 0 aliphatic carbocycles. The van der Waals surface area contributed by atoms with Gasteiger partial charge in [-0.25, -0.2) is 4.79 Å². The van der Waals surface area contributed by atoms with E-state index in [1.54, 1.807) is 24.3 Å². The zero-order valence-corrected chi connectivity index (χ0v) is 31.3. The standard InChI is InChI=1S/C44H49NO10/c1-28-29(2)42(52-35-27-51-43(54-38(28)35)34-22-14-7-15-23-34)55-39-36(26-49-41(47)33-20-12-6-13-21-33)53-44(50-25-32-18-10-5-11-19-32)37(45-30(3)46)40(39)48-24-31-16-8-4-9-17-31/h4-23,28-29,35-40,42-44H,24-27H2,1-3H3,(H,45,46)/t28-,29?,35?,36+,37?,38-,39-,40?,42+,43?,44+/m1/s1. The van der Waals surface area contributed by atoms with Crippen molar-refractivity contribution in [3.05, 3.63) is 144 Å². The van der Waals surface area contributed by atoms with Crippen molar-refractivity contribution < 1.29 is 47.5 Å². The number of hydrogen-bond acceptors (Lipinski definition) is 10. The summed E-state index contributed by atoms with van der Waals surface area (Å²) in [5.41, 5.74) is 3.18. The van der Waals surface area contributed by atoms with E-state index in [1.807, 2.05) is 97.1 Å². The number of ether oxygens (including phenoxy) is 8. The quantitative estimate of drug-likeness (QED) is 0.154. The number of carbonyl (C=O) groups excluding carboxylic acids is 2. The summed E-state index contributed by atoms with van der Waals surface area (Å²) >= 11 is 0. The maximum atomic E-state index is 13.3. The summed E-state index contributed by atoms with van der Waals surface area (Å²) in [4.78, 5) is 26.1. The minimum absolute atomic E-state index is 0.00881. The van der Waals surface area contributed by atoms with Gasteiger partial charge < -0.3 is 43.2 Å². The van der Waals surface area contributed by atoms with Crippen LogP contribution >= 0.6 is 0 Å². The second-order valence-corrected chi connectivity index (χ2v) is 14.3. The molecule has 3 fully saturated rings. The number of benzene rings is 4. The van der Waals surface area contributed by atoms with Crippen LogP contribution in [0.4, 0.5) is 0 Å². The Kier molecular flexibility index (Phi) is 13.0. The normalized spacial score (nSPS) is 30.5. The zero-order valence-electron chi connectivity index (χ0n) is 31.3. The van der Waals surface area contributed by atoms with Crippen molar-refractivity contribution in [2.45, 2.75) is 89.4 Å². The van der Waals surface area contributed by atoms with Crippen LogP contribution in [0, 0.1) is 11.8 Å². The average Bonchev–Trinajstić information content (AvgIpc) is 3.22. The second-order valence-electron chi connectivity index (χ2n) is 14.3. The van der Waals surface area contributed by atoms with E-state index in [4.69, 9.17) is 37.9 Å². The van der Waals surface area contributed by atoms with Gasteiger partial charge >= 0.3 is 5.97 Å². The van der Waals surface area contributed by atoms with Crippen LogP contribution in [0.2, 0.25) is 0 Å². The molecule has 11 nitrogen and oxygen atoms in total. The van der Waals surface area contributed by atoms with Crippen molar-refractivity contribution >= 4 is 11.9 Å². The Morgan fingerprint density at radius 2 is 1.29 bits per heavy atom. The molecular formula is C44H49NO10. The molecule has 11 heteroatoms. The van der Waals surface area contributed by atoms with E-state index in [0.717, 1.165) is 16.7 Å². The third-order valence-corrected chi connectivity index (χ3v) is 10.5. The Labute approximate surface area is 322 Å². The first kappa shape index (κ1) is 38.8. The Bertz CT molecular complexity index is 1800. The second kappa shape index (κ2) is 18.4. The zero-order chi connectivity index (χ0) is 38.1. The third-order valence-electron chi connectivity index (χ3n) is 10.5. The molecule has 3 heterocycles. The third kappa shape index (κ3) is 9.68. The summed E-state index contributed by atoms with van der Waals surface area (Å²) in [5, 5.41) is 3.04. The molecule has 0 saturated carbocycles. The van der Waals surface area contributed by atoms with Crippen LogP contribution < -0.4 is 5.32 Å². The van der Waals surface area contributed by atoms with Crippen LogP contribution in [0.5, 0.6) is 0 Å². The molecule has 4 aromatic carbocycles. The predicted molar refractivity (Wildman–Crippen MR) is 201 cm³/mol. The molecule has 3 aliphatic heterocycles. The molecule has 0 spiro atoms. The van der Waals surface area contributed by atoms with Gasteiger partial charge in [0.25, 0.3) is 0 Å². The smallest absolute Gasteiger partial charge is 0.338 e. The molecule has 4 aromatic rings. The fraction of sp³-hybridized carbons (Fsp3) is 0.409. The average molecular weight is 752 g/mol. The van der Waals surface area contributed by atoms with Gasteiger partial charge in [-0.2, -0.15) is 0 Å². The van der Waals surface area contributed by atoms with Crippen LogP contribution in [-0.2, 0) is 55.9 Å². The fourth-order valence-electron chi connectivity index (χ4n) is 7.33. The fourth-order valence-corrected chi connectivity index (χ4v) is 7.33. The lowest BCUT2D eigenvalue weighted by molar-refractivity contribution is -0.368. The van der Waals surface area contributed by atoms with Gasteiger partial charge in [-0.3, -0.25) is 4.79 Å². The first-order chi connectivity index (χ1) is 26.8. The van der Waals surface area contributed by atoms with Gasteiger partial charge in [0, 0.05) is 18.4 Å². The molecule has 3 saturated heterocycles. The highest BCUT2D eigenvalue weighted by Gasteiger charge is 2.53. The summed E-state index contributed by atoms with van der Waals surface area (Å²) in [7, 11) is 0. The van der Waals surface area contributed by atoms with E-state index in [0.29, 0.717) is 12.2 Å². The molecule has 290 valence electrons. The number of amides is 1. The number of carbonyl (C=O) groups is 2. The molecule has 55 heavy (non-hydrogen) atoms. The molecule has 0 radical (unpaired) electrons. The van der Waals surface area contributed by atoms with E-state index in [2.05, 4.69) is 19.2 Å². The molecule has 11 atom stereocenters. The van der Waals surface area contributed by atoms with Gasteiger partial charge in [0.15, 0.2) is 18.9 Å². The lowest BCUT2D eigenvalue weighted by atomic mass is 9.84. The highest BCUT2D eigenvalue weighted by atomic mass is 16.8. The van der Waals surface area contributed by atoms with Gasteiger partial charge in [0.2, 0.25) is 5.91 Å². The summed E-state index contributed by atoms with van der Waals surface area (Å²) in [5.74, 6) is -0.955. The van der Waals surface area contributed by atoms with Gasteiger partial charge in [-0.1, -0.05) is 123 Å². The molecule has 1 N–H and O–H groups in total. The van der Waals surface area contributed by atoms with Crippen molar-refractivity contribution in [3.63, 3.8) is 0 Å². The predicted octanol–water partition coefficient (Wildman–Crippen LogP) is 6.37. The topological polar surface area (TPSA) is 120 Å². The van der Waals surface area contributed by atoms with E-state index >= 15 is 0 Å². The lowest BCUT2D eigenvalue weighted by Gasteiger charge is -2.51. The summed E-state index contributed by atoms with van der Waals surface area (Å²) in [6.07, 6.45) is -5.50. The number of nitrogens with one attached hydrogen (secondary N) is 1. The lowest BCUT2D eigenvalue weighted by Crippen LogP contribution is -2.67. The molecule has 5 unspecified atom stereocenters. The maximum Gasteiger partial charge on any atom is 0.338 e. The number of esters is 1. The van der Waals surface area contributed by atoms with Crippen molar-refractivity contribution in [1.29, 1.82) is 0 Å². The summed E-state index contributed by atoms with van der Waals surface area (Å²) in [6.45, 7) is 6.14. The number of hydrogen-bond donors (Lipinski definition) is 1. The van der Waals surface area contributed by atoms with Crippen molar-refractivity contribution in [3.8, 4) is 0 Å².